The molecular formula is C12H20N4O2S. The Labute approximate surface area is 117 Å². The van der Waals surface area contributed by atoms with Gasteiger partial charge in [-0.25, -0.2) is 0 Å². The smallest absolute Gasteiger partial charge is 0.244 e. The fourth-order valence-electron chi connectivity index (χ4n) is 2.14. The molecule has 6 nitrogen and oxygen atoms in total. The van der Waals surface area contributed by atoms with Crippen LogP contribution < -0.4 is 15.8 Å². The molecule has 0 aliphatic carbocycles. The molecular weight excluding hydrogens is 264 g/mol. The molecule has 1 unspecified atom stereocenters. The SMILES string of the molecule is CCOc1c(N)nsc1NC(C)C(=O)N1CCCC1. The van der Waals surface area contributed by atoms with E-state index >= 15 is 0 Å². The molecule has 0 aromatic carbocycles. The lowest BCUT2D eigenvalue weighted by Crippen LogP contribution is -2.39. The number of nitrogens with two attached hydrogens (primary N) is 1. The third kappa shape index (κ3) is 3.09. The summed E-state index contributed by atoms with van der Waals surface area (Å²) >= 11 is 1.22. The predicted octanol–water partition coefficient (Wildman–Crippen LogP) is 1.55. The van der Waals surface area contributed by atoms with Gasteiger partial charge in [-0.3, -0.25) is 4.79 Å². The van der Waals surface area contributed by atoms with Crippen LogP contribution in [0.3, 0.4) is 0 Å². The van der Waals surface area contributed by atoms with Crippen LogP contribution in [0, 0.1) is 0 Å². The summed E-state index contributed by atoms with van der Waals surface area (Å²) in [5.74, 6) is 1.04. The minimum absolute atomic E-state index is 0.118. The van der Waals surface area contributed by atoms with Gasteiger partial charge >= 0.3 is 0 Å². The van der Waals surface area contributed by atoms with Gasteiger partial charge in [0.1, 0.15) is 6.04 Å². The maximum Gasteiger partial charge on any atom is 0.244 e. The number of ether oxygens (including phenoxy) is 1. The largest absolute Gasteiger partial charge is 0.487 e. The summed E-state index contributed by atoms with van der Waals surface area (Å²) in [5.41, 5.74) is 5.74. The van der Waals surface area contributed by atoms with E-state index in [-0.39, 0.29) is 11.9 Å². The number of anilines is 2. The number of hydrogen-bond acceptors (Lipinski definition) is 6. The number of nitrogens with zero attached hydrogens (tertiary/aromatic N) is 2. The number of nitrogen functional groups attached to an aromatic ring is 1. The van der Waals surface area contributed by atoms with Crippen molar-refractivity contribution in [2.45, 2.75) is 32.7 Å². The zero-order valence-corrected chi connectivity index (χ0v) is 12.1. The van der Waals surface area contributed by atoms with Crippen molar-refractivity contribution in [3.63, 3.8) is 0 Å². The summed E-state index contributed by atoms with van der Waals surface area (Å²) in [4.78, 5) is 14.1. The Balaban J connectivity index is 2.01. The zero-order valence-electron chi connectivity index (χ0n) is 11.3. The van der Waals surface area contributed by atoms with Crippen molar-refractivity contribution in [3.8, 4) is 5.75 Å². The van der Waals surface area contributed by atoms with Crippen LogP contribution in [0.5, 0.6) is 5.75 Å². The number of amides is 1. The Bertz CT molecular complexity index is 443. The third-order valence-electron chi connectivity index (χ3n) is 3.10. The first kappa shape index (κ1) is 13.9. The molecule has 2 rings (SSSR count). The van der Waals surface area contributed by atoms with Crippen molar-refractivity contribution in [2.24, 2.45) is 0 Å². The second kappa shape index (κ2) is 6.10. The van der Waals surface area contributed by atoms with Gasteiger partial charge in [-0.15, -0.1) is 0 Å². The van der Waals surface area contributed by atoms with Crippen LogP contribution in [0.2, 0.25) is 0 Å². The monoisotopic (exact) mass is 284 g/mol. The molecule has 7 heteroatoms. The fraction of sp³-hybridized carbons (Fsp3) is 0.667. The van der Waals surface area contributed by atoms with Gasteiger partial charge < -0.3 is 20.7 Å². The minimum Gasteiger partial charge on any atom is -0.487 e. The normalized spacial score (nSPS) is 16.4. The van der Waals surface area contributed by atoms with E-state index < -0.39 is 0 Å². The molecule has 1 aromatic heterocycles. The van der Waals surface area contributed by atoms with Crippen LogP contribution >= 0.6 is 11.5 Å². The second-order valence-corrected chi connectivity index (χ2v) is 5.33. The number of nitrogens with one attached hydrogen (secondary N) is 1. The van der Waals surface area contributed by atoms with Crippen molar-refractivity contribution >= 4 is 28.3 Å². The second-order valence-electron chi connectivity index (χ2n) is 4.56. The molecule has 1 saturated heterocycles. The summed E-state index contributed by atoms with van der Waals surface area (Å²) in [5, 5.41) is 3.87. The number of carbonyl (C=O) groups excluding carboxylic acids is 1. The number of carbonyl (C=O) groups is 1. The van der Waals surface area contributed by atoms with Crippen molar-refractivity contribution < 1.29 is 9.53 Å². The highest BCUT2D eigenvalue weighted by Crippen LogP contribution is 2.35. The first-order chi connectivity index (χ1) is 9.13. The first-order valence-electron chi connectivity index (χ1n) is 6.56. The van der Waals surface area contributed by atoms with Crippen molar-refractivity contribution in [2.75, 3.05) is 30.7 Å². The molecule has 1 atom stereocenters. The molecule has 106 valence electrons. The van der Waals surface area contributed by atoms with E-state index in [2.05, 4.69) is 9.69 Å². The summed E-state index contributed by atoms with van der Waals surface area (Å²) in [6.45, 7) is 5.97. The van der Waals surface area contributed by atoms with Gasteiger partial charge in [0.25, 0.3) is 0 Å². The Kier molecular flexibility index (Phi) is 4.47. The van der Waals surface area contributed by atoms with E-state index in [0.717, 1.165) is 30.9 Å². The standard InChI is InChI=1S/C12H20N4O2S/c1-3-18-9-10(13)15-19-11(9)14-8(2)12(17)16-6-4-5-7-16/h8,14H,3-7H2,1-2H3,(H2,13,15). The maximum absolute atomic E-state index is 12.2. The summed E-state index contributed by atoms with van der Waals surface area (Å²) < 4.78 is 9.50. The van der Waals surface area contributed by atoms with E-state index in [1.807, 2.05) is 18.7 Å². The fourth-order valence-corrected chi connectivity index (χ4v) is 2.89. The number of aromatic nitrogens is 1. The minimum atomic E-state index is -0.294. The van der Waals surface area contributed by atoms with Crippen LogP contribution in [0.4, 0.5) is 10.8 Å². The lowest BCUT2D eigenvalue weighted by molar-refractivity contribution is -0.130. The predicted molar refractivity (Wildman–Crippen MR) is 76.6 cm³/mol. The topological polar surface area (TPSA) is 80.5 Å². The van der Waals surface area contributed by atoms with E-state index in [1.54, 1.807) is 0 Å². The Morgan fingerprint density at radius 1 is 1.58 bits per heavy atom. The molecule has 1 aliphatic heterocycles. The number of hydrogen-bond donors (Lipinski definition) is 2. The molecule has 1 amide bonds. The third-order valence-corrected chi connectivity index (χ3v) is 3.87. The molecule has 0 saturated carbocycles. The molecule has 19 heavy (non-hydrogen) atoms. The Morgan fingerprint density at radius 3 is 2.89 bits per heavy atom. The zero-order chi connectivity index (χ0) is 13.8. The lowest BCUT2D eigenvalue weighted by atomic mass is 10.3. The molecule has 0 bridgehead atoms. The van der Waals surface area contributed by atoms with E-state index in [9.17, 15) is 4.79 Å². The van der Waals surface area contributed by atoms with Crippen LogP contribution in [-0.4, -0.2) is 40.9 Å². The molecule has 1 aliphatic rings. The van der Waals surface area contributed by atoms with Gasteiger partial charge in [0, 0.05) is 13.1 Å². The Hall–Kier alpha value is -1.50. The van der Waals surface area contributed by atoms with Gasteiger partial charge in [-0.2, -0.15) is 4.37 Å². The van der Waals surface area contributed by atoms with E-state index in [1.165, 1.54) is 11.5 Å². The van der Waals surface area contributed by atoms with Crippen LogP contribution in [0.15, 0.2) is 0 Å². The van der Waals surface area contributed by atoms with E-state index in [4.69, 9.17) is 10.5 Å². The van der Waals surface area contributed by atoms with Crippen LogP contribution in [-0.2, 0) is 4.79 Å². The van der Waals surface area contributed by atoms with Crippen LogP contribution in [0.1, 0.15) is 26.7 Å². The molecule has 0 spiro atoms. The van der Waals surface area contributed by atoms with E-state index in [0.29, 0.717) is 18.2 Å². The molecule has 3 N–H and O–H groups in total. The van der Waals surface area contributed by atoms with Crippen molar-refractivity contribution in [1.29, 1.82) is 0 Å². The maximum atomic E-state index is 12.2. The highest BCUT2D eigenvalue weighted by Gasteiger charge is 2.25. The quantitative estimate of drug-likeness (QED) is 0.857. The Morgan fingerprint density at radius 2 is 2.26 bits per heavy atom. The molecule has 0 radical (unpaired) electrons. The van der Waals surface area contributed by atoms with Crippen LogP contribution in [0.25, 0.3) is 0 Å². The average Bonchev–Trinajstić information content (AvgIpc) is 3.02. The first-order valence-corrected chi connectivity index (χ1v) is 7.34. The van der Waals surface area contributed by atoms with Gasteiger partial charge in [0.05, 0.1) is 6.61 Å². The van der Waals surface area contributed by atoms with Gasteiger partial charge in [-0.05, 0) is 38.2 Å². The summed E-state index contributed by atoms with van der Waals surface area (Å²) in [7, 11) is 0. The summed E-state index contributed by atoms with van der Waals surface area (Å²) in [6, 6.07) is -0.294. The van der Waals surface area contributed by atoms with Crippen molar-refractivity contribution in [3.05, 3.63) is 0 Å². The average molecular weight is 284 g/mol. The van der Waals surface area contributed by atoms with Gasteiger partial charge in [0.15, 0.2) is 16.6 Å². The molecule has 1 aromatic rings. The number of rotatable bonds is 5. The molecule has 2 heterocycles. The summed E-state index contributed by atoms with van der Waals surface area (Å²) in [6.07, 6.45) is 2.19. The lowest BCUT2D eigenvalue weighted by Gasteiger charge is -2.21. The highest BCUT2D eigenvalue weighted by atomic mass is 32.1. The van der Waals surface area contributed by atoms with Gasteiger partial charge in [-0.1, -0.05) is 0 Å². The molecule has 1 fully saturated rings. The number of likely N-dealkylation sites (tertiary alicyclic amines) is 1. The highest BCUT2D eigenvalue weighted by molar-refractivity contribution is 7.11. The van der Waals surface area contributed by atoms with Crippen molar-refractivity contribution in [1.82, 2.24) is 9.27 Å². The van der Waals surface area contributed by atoms with Gasteiger partial charge in [0.2, 0.25) is 5.91 Å².